The topological polar surface area (TPSA) is 49.3 Å². The van der Waals surface area contributed by atoms with Gasteiger partial charge in [0.25, 0.3) is 0 Å². The number of hydrogen-bond acceptors (Lipinski definition) is 2. The van der Waals surface area contributed by atoms with Gasteiger partial charge in [-0.05, 0) is 56.3 Å². The van der Waals surface area contributed by atoms with Crippen molar-refractivity contribution in [2.75, 3.05) is 6.54 Å². The van der Waals surface area contributed by atoms with Gasteiger partial charge in [-0.2, -0.15) is 0 Å². The van der Waals surface area contributed by atoms with Gasteiger partial charge in [0, 0.05) is 10.5 Å². The van der Waals surface area contributed by atoms with Gasteiger partial charge in [-0.1, -0.05) is 28.1 Å². The van der Waals surface area contributed by atoms with Crippen LogP contribution in [0, 0.1) is 5.92 Å². The number of nitrogens with one attached hydrogen (secondary N) is 1. The lowest BCUT2D eigenvalue weighted by molar-refractivity contribution is -0.142. The lowest BCUT2D eigenvalue weighted by Gasteiger charge is -2.27. The molecule has 2 rings (SSSR count). The maximum Gasteiger partial charge on any atom is 0.306 e. The van der Waals surface area contributed by atoms with Gasteiger partial charge in [-0.25, -0.2) is 0 Å². The van der Waals surface area contributed by atoms with E-state index < -0.39 is 5.97 Å². The largest absolute Gasteiger partial charge is 0.481 e. The zero-order valence-corrected chi connectivity index (χ0v) is 12.5. The van der Waals surface area contributed by atoms with Crippen LogP contribution in [0.5, 0.6) is 0 Å². The molecule has 0 bridgehead atoms. The Hall–Kier alpha value is -0.870. The summed E-state index contributed by atoms with van der Waals surface area (Å²) in [5.74, 6) is -0.754. The molecule has 0 unspecified atom stereocenters. The molecule has 1 aromatic rings. The van der Waals surface area contributed by atoms with Crippen LogP contribution in [0.4, 0.5) is 0 Å². The summed E-state index contributed by atoms with van der Waals surface area (Å²) in [6, 6.07) is 8.85. The highest BCUT2D eigenvalue weighted by molar-refractivity contribution is 9.10. The van der Waals surface area contributed by atoms with E-state index >= 15 is 0 Å². The minimum absolute atomic E-state index is 0.122. The number of carboxylic acid groups (broad SMARTS) is 1. The van der Waals surface area contributed by atoms with Crippen molar-refractivity contribution in [2.45, 2.75) is 38.1 Å². The van der Waals surface area contributed by atoms with E-state index in [0.29, 0.717) is 6.04 Å². The first kappa shape index (κ1) is 14.5. The third-order valence-electron chi connectivity index (χ3n) is 3.81. The molecule has 1 aliphatic rings. The Bertz CT molecular complexity index is 428. The molecule has 19 heavy (non-hydrogen) atoms. The molecule has 1 aliphatic carbocycles. The smallest absolute Gasteiger partial charge is 0.306 e. The summed E-state index contributed by atoms with van der Waals surface area (Å²) in [5, 5.41) is 12.5. The van der Waals surface area contributed by atoms with Gasteiger partial charge < -0.3 is 10.4 Å². The highest BCUT2D eigenvalue weighted by atomic mass is 79.9. The lowest BCUT2D eigenvalue weighted by atomic mass is 9.86. The van der Waals surface area contributed by atoms with E-state index in [4.69, 9.17) is 5.11 Å². The van der Waals surface area contributed by atoms with Crippen molar-refractivity contribution in [3.8, 4) is 0 Å². The van der Waals surface area contributed by atoms with Gasteiger partial charge in [-0.3, -0.25) is 4.79 Å². The molecule has 1 fully saturated rings. The van der Waals surface area contributed by atoms with Crippen molar-refractivity contribution in [1.29, 1.82) is 0 Å². The van der Waals surface area contributed by atoms with Gasteiger partial charge in [0.2, 0.25) is 0 Å². The van der Waals surface area contributed by atoms with Gasteiger partial charge in [0.15, 0.2) is 0 Å². The Morgan fingerprint density at radius 3 is 2.68 bits per heavy atom. The van der Waals surface area contributed by atoms with E-state index in [1.165, 1.54) is 5.56 Å². The summed E-state index contributed by atoms with van der Waals surface area (Å²) in [6.07, 6.45) is 4.59. The normalized spacial score (nSPS) is 23.2. The van der Waals surface area contributed by atoms with Crippen molar-refractivity contribution in [3.05, 3.63) is 34.3 Å². The van der Waals surface area contributed by atoms with Crippen LogP contribution >= 0.6 is 15.9 Å². The number of carbonyl (C=O) groups is 1. The van der Waals surface area contributed by atoms with Crippen LogP contribution in [0.2, 0.25) is 0 Å². The van der Waals surface area contributed by atoms with Gasteiger partial charge >= 0.3 is 5.97 Å². The first-order valence-electron chi connectivity index (χ1n) is 6.86. The summed E-state index contributed by atoms with van der Waals surface area (Å²) in [4.78, 5) is 10.9. The van der Waals surface area contributed by atoms with E-state index in [-0.39, 0.29) is 5.92 Å². The van der Waals surface area contributed by atoms with Crippen LogP contribution in [-0.4, -0.2) is 23.7 Å². The molecule has 0 aromatic heterocycles. The molecule has 2 N–H and O–H groups in total. The standard InChI is InChI=1S/C15H20BrNO2/c16-13-3-1-2-11(10-13)8-9-17-14-6-4-12(5-7-14)15(18)19/h1-3,10,12,14,17H,4-9H2,(H,18,19). The summed E-state index contributed by atoms with van der Waals surface area (Å²) in [7, 11) is 0. The molecule has 0 radical (unpaired) electrons. The minimum atomic E-state index is -0.632. The second-order valence-electron chi connectivity index (χ2n) is 5.22. The average molecular weight is 326 g/mol. The summed E-state index contributed by atoms with van der Waals surface area (Å²) in [6.45, 7) is 0.957. The Kier molecular flexibility index (Phi) is 5.40. The molecular formula is C15H20BrNO2. The van der Waals surface area contributed by atoms with Crippen LogP contribution in [0.15, 0.2) is 28.7 Å². The highest BCUT2D eigenvalue weighted by Gasteiger charge is 2.25. The summed E-state index contributed by atoms with van der Waals surface area (Å²) >= 11 is 3.47. The van der Waals surface area contributed by atoms with Crippen molar-refractivity contribution in [1.82, 2.24) is 5.32 Å². The summed E-state index contributed by atoms with van der Waals surface area (Å²) in [5.41, 5.74) is 1.32. The van der Waals surface area contributed by atoms with Crippen LogP contribution < -0.4 is 5.32 Å². The average Bonchev–Trinajstić information content (AvgIpc) is 2.39. The van der Waals surface area contributed by atoms with E-state index in [9.17, 15) is 4.79 Å². The van der Waals surface area contributed by atoms with Crippen molar-refractivity contribution in [2.24, 2.45) is 5.92 Å². The Labute approximate surface area is 122 Å². The van der Waals surface area contributed by atoms with Crippen molar-refractivity contribution < 1.29 is 9.90 Å². The molecule has 0 spiro atoms. The Morgan fingerprint density at radius 1 is 1.32 bits per heavy atom. The predicted molar refractivity (Wildman–Crippen MR) is 79.2 cm³/mol. The van der Waals surface area contributed by atoms with Crippen molar-refractivity contribution >= 4 is 21.9 Å². The maximum atomic E-state index is 10.9. The van der Waals surface area contributed by atoms with Gasteiger partial charge in [-0.15, -0.1) is 0 Å². The van der Waals surface area contributed by atoms with E-state index in [0.717, 1.165) is 43.1 Å². The second-order valence-corrected chi connectivity index (χ2v) is 6.14. The van der Waals surface area contributed by atoms with Gasteiger partial charge in [0.1, 0.15) is 0 Å². The van der Waals surface area contributed by atoms with Crippen molar-refractivity contribution in [3.63, 3.8) is 0 Å². The fourth-order valence-corrected chi connectivity index (χ4v) is 3.10. The molecule has 4 heteroatoms. The molecule has 1 aromatic carbocycles. The second kappa shape index (κ2) is 7.06. The Balaban J connectivity index is 1.68. The zero-order chi connectivity index (χ0) is 13.7. The Morgan fingerprint density at radius 2 is 2.05 bits per heavy atom. The highest BCUT2D eigenvalue weighted by Crippen LogP contribution is 2.24. The van der Waals surface area contributed by atoms with E-state index in [1.807, 2.05) is 6.07 Å². The molecule has 104 valence electrons. The van der Waals surface area contributed by atoms with Crippen LogP contribution in [0.1, 0.15) is 31.2 Å². The first-order chi connectivity index (χ1) is 9.15. The molecule has 1 saturated carbocycles. The number of aliphatic carboxylic acids is 1. The van der Waals surface area contributed by atoms with Gasteiger partial charge in [0.05, 0.1) is 5.92 Å². The zero-order valence-electron chi connectivity index (χ0n) is 10.9. The minimum Gasteiger partial charge on any atom is -0.481 e. The number of carboxylic acids is 1. The molecule has 0 aliphatic heterocycles. The van der Waals surface area contributed by atoms with Crippen LogP contribution in [0.25, 0.3) is 0 Å². The number of halogens is 1. The monoisotopic (exact) mass is 325 g/mol. The molecule has 0 heterocycles. The molecule has 0 saturated heterocycles. The number of hydrogen-bond donors (Lipinski definition) is 2. The fourth-order valence-electron chi connectivity index (χ4n) is 2.66. The SMILES string of the molecule is O=C(O)C1CCC(NCCc2cccc(Br)c2)CC1. The quantitative estimate of drug-likeness (QED) is 0.873. The van der Waals surface area contributed by atoms with E-state index in [2.05, 4.69) is 39.4 Å². The molecule has 0 amide bonds. The molecule has 0 atom stereocenters. The summed E-state index contributed by atoms with van der Waals surface area (Å²) < 4.78 is 1.12. The maximum absolute atomic E-state index is 10.9. The lowest BCUT2D eigenvalue weighted by Crippen LogP contribution is -2.36. The molecular weight excluding hydrogens is 306 g/mol. The fraction of sp³-hybridized carbons (Fsp3) is 0.533. The van der Waals surface area contributed by atoms with E-state index in [1.54, 1.807) is 0 Å². The third kappa shape index (κ3) is 4.62. The van der Waals surface area contributed by atoms with Crippen LogP contribution in [-0.2, 0) is 11.2 Å². The van der Waals surface area contributed by atoms with Crippen LogP contribution in [0.3, 0.4) is 0 Å². The first-order valence-corrected chi connectivity index (χ1v) is 7.65. The predicted octanol–water partition coefficient (Wildman–Crippen LogP) is 3.22. The number of rotatable bonds is 5. The number of benzene rings is 1. The molecule has 3 nitrogen and oxygen atoms in total. The third-order valence-corrected chi connectivity index (χ3v) is 4.31.